The molecule has 19 heteroatoms. The molecule has 0 bridgehead atoms. The summed E-state index contributed by atoms with van der Waals surface area (Å²) in [5.74, 6) is -0.482. The molecule has 0 aromatic carbocycles. The Balaban J connectivity index is 5.19. The van der Waals surface area contributed by atoms with Crippen molar-refractivity contribution >= 4 is 39.5 Å². The van der Waals surface area contributed by atoms with Crippen molar-refractivity contribution in [1.29, 1.82) is 0 Å². The van der Waals surface area contributed by atoms with E-state index in [1.807, 2.05) is 0 Å². The highest BCUT2D eigenvalue weighted by Crippen LogP contribution is 2.45. The van der Waals surface area contributed by atoms with Gasteiger partial charge in [-0.1, -0.05) is 363 Å². The van der Waals surface area contributed by atoms with Crippen LogP contribution in [0.25, 0.3) is 0 Å². The smallest absolute Gasteiger partial charge is 0.462 e. The van der Waals surface area contributed by atoms with Crippen LogP contribution in [0.15, 0.2) is 0 Å². The lowest BCUT2D eigenvalue weighted by Crippen LogP contribution is -2.30. The van der Waals surface area contributed by atoms with Gasteiger partial charge in [0.15, 0.2) is 12.2 Å². The van der Waals surface area contributed by atoms with Crippen LogP contribution < -0.4 is 0 Å². The van der Waals surface area contributed by atoms with Crippen LogP contribution >= 0.6 is 15.6 Å². The molecule has 0 heterocycles. The Labute approximate surface area is 600 Å². The Morgan fingerprint density at radius 1 is 0.296 bits per heavy atom. The molecule has 0 saturated carbocycles. The van der Waals surface area contributed by atoms with Gasteiger partial charge in [0.05, 0.1) is 26.4 Å². The first-order chi connectivity index (χ1) is 47.4. The van der Waals surface area contributed by atoms with Crippen molar-refractivity contribution in [2.75, 3.05) is 39.6 Å². The molecule has 0 aliphatic carbocycles. The number of carbonyl (C=O) groups is 4. The summed E-state index contributed by atoms with van der Waals surface area (Å²) < 4.78 is 68.6. The van der Waals surface area contributed by atoms with Crippen LogP contribution in [0.2, 0.25) is 0 Å². The number of aliphatic hydroxyl groups is 1. The standard InChI is InChI=1S/C79H154O17P2/c1-7-10-12-14-16-18-20-27-31-39-45-51-57-63-78(83)95-74(67-89-76(81)61-55-49-43-37-19-17-15-13-11-8-2)69-93-97(85,86)91-65-73(80)66-92-98(87,88)94-70-75(68-90-77(82)62-56-50-44-38-34-33-35-41-47-53-59-71(4)5)96-79(84)64-58-52-46-40-32-29-26-24-22-21-23-25-28-30-36-42-48-54-60-72(6)9-3/h71-75,80H,7-70H2,1-6H3,(H,85,86)(H,87,88)/t72?,73-,74+,75+/m0/s1. The van der Waals surface area contributed by atoms with Gasteiger partial charge in [-0.2, -0.15) is 0 Å². The van der Waals surface area contributed by atoms with Gasteiger partial charge in [-0.25, -0.2) is 9.13 Å². The second kappa shape index (κ2) is 70.7. The molecule has 17 nitrogen and oxygen atoms in total. The summed E-state index contributed by atoms with van der Waals surface area (Å²) in [6.07, 6.45) is 59.6. The van der Waals surface area contributed by atoms with E-state index in [4.69, 9.17) is 37.0 Å². The summed E-state index contributed by atoms with van der Waals surface area (Å²) in [7, 11) is -9.91. The Morgan fingerprint density at radius 2 is 0.520 bits per heavy atom. The average Bonchev–Trinajstić information content (AvgIpc) is 0.971. The molecule has 98 heavy (non-hydrogen) atoms. The fraction of sp³-hybridized carbons (Fsp3) is 0.949. The maximum Gasteiger partial charge on any atom is 0.472 e. The van der Waals surface area contributed by atoms with Crippen LogP contribution in [0, 0.1) is 11.8 Å². The number of hydrogen-bond acceptors (Lipinski definition) is 15. The third-order valence-electron chi connectivity index (χ3n) is 18.8. The lowest BCUT2D eigenvalue weighted by Gasteiger charge is -2.21. The number of carbonyl (C=O) groups excluding carboxylic acids is 4. The predicted molar refractivity (Wildman–Crippen MR) is 400 cm³/mol. The van der Waals surface area contributed by atoms with Crippen molar-refractivity contribution < 1.29 is 80.2 Å². The SMILES string of the molecule is CCCCCCCCCCCCCCCC(=O)O[C@H](COC(=O)CCCCCCCCCCCC)COP(=O)(O)OC[C@H](O)COP(=O)(O)OC[C@@H](COC(=O)CCCCCCCCCCCCC(C)C)OC(=O)CCCCCCCCCCCCCCCCCCCCC(C)CC. The van der Waals surface area contributed by atoms with Crippen molar-refractivity contribution in [2.45, 2.75) is 432 Å². The third-order valence-corrected chi connectivity index (χ3v) is 20.7. The summed E-state index contributed by atoms with van der Waals surface area (Å²) in [6.45, 7) is 9.67. The first-order valence-electron chi connectivity index (χ1n) is 41.0. The highest BCUT2D eigenvalue weighted by atomic mass is 31.2. The summed E-state index contributed by atoms with van der Waals surface area (Å²) in [6, 6.07) is 0. The van der Waals surface area contributed by atoms with E-state index in [1.165, 1.54) is 231 Å². The van der Waals surface area contributed by atoms with Crippen molar-refractivity contribution in [3.63, 3.8) is 0 Å². The monoisotopic (exact) mass is 1440 g/mol. The lowest BCUT2D eigenvalue weighted by molar-refractivity contribution is -0.161. The molecule has 0 radical (unpaired) electrons. The van der Waals surface area contributed by atoms with Gasteiger partial charge >= 0.3 is 39.5 Å². The minimum Gasteiger partial charge on any atom is -0.462 e. The van der Waals surface area contributed by atoms with Crippen LogP contribution in [-0.2, 0) is 65.4 Å². The average molecular weight is 1440 g/mol. The fourth-order valence-electron chi connectivity index (χ4n) is 12.2. The highest BCUT2D eigenvalue weighted by Gasteiger charge is 2.30. The Bertz CT molecular complexity index is 1890. The van der Waals surface area contributed by atoms with Crippen LogP contribution in [0.3, 0.4) is 0 Å². The Kier molecular flexibility index (Phi) is 69.3. The van der Waals surface area contributed by atoms with E-state index in [0.717, 1.165) is 102 Å². The number of ether oxygens (including phenoxy) is 4. The van der Waals surface area contributed by atoms with Crippen LogP contribution in [0.1, 0.15) is 414 Å². The molecular weight excluding hydrogens is 1280 g/mol. The molecule has 0 aromatic heterocycles. The summed E-state index contributed by atoms with van der Waals surface area (Å²) in [4.78, 5) is 72.9. The molecule has 0 amide bonds. The van der Waals surface area contributed by atoms with E-state index in [-0.39, 0.29) is 25.7 Å². The molecule has 582 valence electrons. The quantitative estimate of drug-likeness (QED) is 0.0222. The zero-order valence-corrected chi connectivity index (χ0v) is 65.9. The van der Waals surface area contributed by atoms with E-state index in [9.17, 15) is 43.2 Å². The number of rotatable bonds is 78. The maximum absolute atomic E-state index is 13.1. The largest absolute Gasteiger partial charge is 0.472 e. The molecule has 0 fully saturated rings. The van der Waals surface area contributed by atoms with Crippen molar-refractivity contribution in [1.82, 2.24) is 0 Å². The van der Waals surface area contributed by atoms with E-state index >= 15 is 0 Å². The van der Waals surface area contributed by atoms with Crippen molar-refractivity contribution in [2.24, 2.45) is 11.8 Å². The number of esters is 4. The molecule has 6 atom stereocenters. The number of aliphatic hydroxyl groups excluding tert-OH is 1. The minimum absolute atomic E-state index is 0.108. The van der Waals surface area contributed by atoms with Crippen LogP contribution in [0.4, 0.5) is 0 Å². The maximum atomic E-state index is 13.1. The van der Waals surface area contributed by atoms with Gasteiger partial charge in [-0.15, -0.1) is 0 Å². The molecular formula is C79H154O17P2. The van der Waals surface area contributed by atoms with Crippen molar-refractivity contribution in [3.8, 4) is 0 Å². The van der Waals surface area contributed by atoms with E-state index in [1.54, 1.807) is 0 Å². The molecule has 3 unspecified atom stereocenters. The van der Waals surface area contributed by atoms with Gasteiger partial charge in [0.25, 0.3) is 0 Å². The molecule has 0 aliphatic heterocycles. The van der Waals surface area contributed by atoms with E-state index in [2.05, 4.69) is 41.5 Å². The number of phosphoric acid groups is 2. The van der Waals surface area contributed by atoms with Gasteiger partial charge in [0, 0.05) is 25.7 Å². The van der Waals surface area contributed by atoms with E-state index in [0.29, 0.717) is 25.7 Å². The lowest BCUT2D eigenvalue weighted by atomic mass is 9.99. The third kappa shape index (κ3) is 71.1. The van der Waals surface area contributed by atoms with Gasteiger partial charge in [0.1, 0.15) is 19.3 Å². The second-order valence-corrected chi connectivity index (χ2v) is 32.1. The molecule has 3 N–H and O–H groups in total. The highest BCUT2D eigenvalue weighted by molar-refractivity contribution is 7.47. The van der Waals surface area contributed by atoms with Crippen LogP contribution in [0.5, 0.6) is 0 Å². The molecule has 0 aliphatic rings. The van der Waals surface area contributed by atoms with Crippen LogP contribution in [-0.4, -0.2) is 96.7 Å². The van der Waals surface area contributed by atoms with Gasteiger partial charge in [-0.05, 0) is 37.5 Å². The molecule has 0 aromatic rings. The van der Waals surface area contributed by atoms with Gasteiger partial charge in [-0.3, -0.25) is 37.3 Å². The van der Waals surface area contributed by atoms with Gasteiger partial charge < -0.3 is 33.8 Å². The number of hydrogen-bond donors (Lipinski definition) is 3. The minimum atomic E-state index is -4.96. The number of phosphoric ester groups is 2. The normalized spacial score (nSPS) is 14.2. The Morgan fingerprint density at radius 3 is 0.776 bits per heavy atom. The molecule has 0 rings (SSSR count). The van der Waals surface area contributed by atoms with E-state index < -0.39 is 97.5 Å². The Hall–Kier alpha value is -1.94. The zero-order valence-electron chi connectivity index (χ0n) is 64.1. The molecule has 0 saturated heterocycles. The number of unbranched alkanes of at least 4 members (excludes halogenated alkanes) is 47. The fourth-order valence-corrected chi connectivity index (χ4v) is 13.7. The second-order valence-electron chi connectivity index (χ2n) is 29.2. The first-order valence-corrected chi connectivity index (χ1v) is 44.0. The summed E-state index contributed by atoms with van der Waals surface area (Å²) in [5.41, 5.74) is 0. The summed E-state index contributed by atoms with van der Waals surface area (Å²) in [5, 5.41) is 10.6. The first kappa shape index (κ1) is 96.1. The topological polar surface area (TPSA) is 237 Å². The molecule has 0 spiro atoms. The zero-order chi connectivity index (χ0) is 72.1. The summed E-state index contributed by atoms with van der Waals surface area (Å²) >= 11 is 0. The van der Waals surface area contributed by atoms with Gasteiger partial charge in [0.2, 0.25) is 0 Å². The predicted octanol–water partition coefficient (Wildman–Crippen LogP) is 23.5. The van der Waals surface area contributed by atoms with Crippen molar-refractivity contribution in [3.05, 3.63) is 0 Å².